The van der Waals surface area contributed by atoms with Crippen LogP contribution in [-0.2, 0) is 11.3 Å². The molecule has 5 nitrogen and oxygen atoms in total. The topological polar surface area (TPSA) is 76.4 Å². The van der Waals surface area contributed by atoms with Crippen molar-refractivity contribution >= 4 is 22.2 Å². The van der Waals surface area contributed by atoms with Crippen molar-refractivity contribution in [3.8, 4) is 5.75 Å². The summed E-state index contributed by atoms with van der Waals surface area (Å²) >= 11 is 0. The van der Waals surface area contributed by atoms with Gasteiger partial charge in [-0.15, -0.1) is 0 Å². The molecular weight excluding hydrogens is 618 g/mol. The predicted molar refractivity (Wildman–Crippen MR) is 185 cm³/mol. The number of benzene rings is 4. The average Bonchev–Trinajstić information content (AvgIpc) is 3.90. The van der Waals surface area contributed by atoms with E-state index in [0.29, 0.717) is 24.2 Å². The van der Waals surface area contributed by atoms with Crippen molar-refractivity contribution < 1.29 is 27.1 Å². The maximum absolute atomic E-state index is 13.8. The van der Waals surface area contributed by atoms with E-state index in [0.717, 1.165) is 41.0 Å². The van der Waals surface area contributed by atoms with Gasteiger partial charge in [-0.3, -0.25) is 4.79 Å². The van der Waals surface area contributed by atoms with Gasteiger partial charge in [-0.2, -0.15) is 13.2 Å². The second-order valence-corrected chi connectivity index (χ2v) is 12.0. The highest BCUT2D eigenvalue weighted by Crippen LogP contribution is 2.38. The van der Waals surface area contributed by atoms with E-state index in [1.54, 1.807) is 44.4 Å². The fourth-order valence-corrected chi connectivity index (χ4v) is 5.33. The highest BCUT2D eigenvalue weighted by Gasteiger charge is 2.31. The zero-order chi connectivity index (χ0) is 34.8. The smallest absolute Gasteiger partial charge is 0.415 e. The fraction of sp³-hybridized carbons (Fsp3) is 0.308. The molecule has 1 aliphatic carbocycles. The molecule has 0 amide bonds. The van der Waals surface area contributed by atoms with Gasteiger partial charge in [0.1, 0.15) is 11.6 Å². The summed E-state index contributed by atoms with van der Waals surface area (Å²) in [4.78, 5) is 12.0. The second-order valence-electron chi connectivity index (χ2n) is 12.0. The Morgan fingerprint density at radius 1 is 1.06 bits per heavy atom. The number of alkyl halides is 3. The molecule has 0 bridgehead atoms. The normalized spacial score (nSPS) is 13.8. The summed E-state index contributed by atoms with van der Waals surface area (Å²) in [5.74, 6) is 1.05. The van der Waals surface area contributed by atoms with Crippen LogP contribution in [0.25, 0.3) is 10.8 Å². The van der Waals surface area contributed by atoms with Crippen molar-refractivity contribution in [2.45, 2.75) is 58.3 Å². The Morgan fingerprint density at radius 2 is 1.81 bits per heavy atom. The van der Waals surface area contributed by atoms with E-state index in [-0.39, 0.29) is 24.0 Å². The van der Waals surface area contributed by atoms with E-state index < -0.39 is 17.5 Å². The monoisotopic (exact) mass is 661 g/mol. The first-order valence-corrected chi connectivity index (χ1v) is 16.1. The van der Waals surface area contributed by atoms with E-state index in [1.807, 2.05) is 31.2 Å². The van der Waals surface area contributed by atoms with Crippen molar-refractivity contribution in [1.82, 2.24) is 5.32 Å². The summed E-state index contributed by atoms with van der Waals surface area (Å²) in [6.07, 6.45) is -0.560. The zero-order valence-corrected chi connectivity index (χ0v) is 27.6. The van der Waals surface area contributed by atoms with E-state index in [9.17, 15) is 22.4 Å². The lowest BCUT2D eigenvalue weighted by Crippen LogP contribution is -2.25. The zero-order valence-electron chi connectivity index (χ0n) is 27.6. The highest BCUT2D eigenvalue weighted by atomic mass is 19.4. The van der Waals surface area contributed by atoms with Crippen LogP contribution in [0.4, 0.5) is 23.2 Å². The Bertz CT molecular complexity index is 1760. The first kappa shape index (κ1) is 36.4. The van der Waals surface area contributed by atoms with Gasteiger partial charge in [-0.05, 0) is 96.5 Å². The third-order valence-corrected chi connectivity index (χ3v) is 8.16. The third-order valence-electron chi connectivity index (χ3n) is 8.16. The van der Waals surface area contributed by atoms with Crippen LogP contribution in [0.15, 0.2) is 103 Å². The molecule has 0 aromatic heterocycles. The molecule has 4 aromatic rings. The summed E-state index contributed by atoms with van der Waals surface area (Å²) in [6, 6.07) is 24.7. The summed E-state index contributed by atoms with van der Waals surface area (Å²) in [5.41, 5.74) is 8.49. The van der Waals surface area contributed by atoms with E-state index in [1.165, 1.54) is 23.6 Å². The number of anilines is 1. The van der Waals surface area contributed by atoms with Crippen LogP contribution in [0.2, 0.25) is 0 Å². The van der Waals surface area contributed by atoms with E-state index in [4.69, 9.17) is 10.5 Å². The van der Waals surface area contributed by atoms with Crippen LogP contribution in [0.1, 0.15) is 60.9 Å². The standard InChI is InChI=1S/C23H24FNO.C16H19F3N2O/c1-15-13-18(9-11-20(15)24)23(25-14-16-7-8-16)22-19-6-4-3-5-17(19)10-12-21(22)26-2;1-3-5-15(22)14(8-11(2)16(17,18)19)21-13-7-4-6-12(9-13)10-20/h3-6,9-13,16,23,25H,7-8,14H2,1-2H3;4,6-9,21H,2-3,5,10,20H2,1H3/b;14-8-. The van der Waals surface area contributed by atoms with Crippen LogP contribution in [0, 0.1) is 18.7 Å². The number of hydrogen-bond acceptors (Lipinski definition) is 5. The number of aryl methyl sites for hydroxylation is 1. The van der Waals surface area contributed by atoms with Gasteiger partial charge in [0, 0.05) is 24.2 Å². The van der Waals surface area contributed by atoms with Gasteiger partial charge in [-0.25, -0.2) is 4.39 Å². The van der Waals surface area contributed by atoms with Crippen molar-refractivity contribution in [3.05, 3.63) is 131 Å². The molecule has 1 saturated carbocycles. The van der Waals surface area contributed by atoms with Gasteiger partial charge >= 0.3 is 6.18 Å². The first-order chi connectivity index (χ1) is 22.9. The molecule has 0 saturated heterocycles. The van der Waals surface area contributed by atoms with Crippen molar-refractivity contribution in [1.29, 1.82) is 0 Å². The lowest BCUT2D eigenvalue weighted by molar-refractivity contribution is -0.115. The number of rotatable bonds is 13. The number of nitrogens with two attached hydrogens (primary N) is 1. The van der Waals surface area contributed by atoms with Crippen LogP contribution >= 0.6 is 0 Å². The quantitative estimate of drug-likeness (QED) is 0.0757. The van der Waals surface area contributed by atoms with Crippen molar-refractivity contribution in [2.75, 3.05) is 19.0 Å². The molecule has 0 spiro atoms. The number of methoxy groups -OCH3 is 1. The molecule has 4 aromatic carbocycles. The number of carbonyl (C=O) groups is 1. The largest absolute Gasteiger partial charge is 0.496 e. The molecular formula is C39H43F4N3O2. The number of halogens is 4. The summed E-state index contributed by atoms with van der Waals surface area (Å²) in [6.45, 7) is 7.83. The maximum Gasteiger partial charge on any atom is 0.415 e. The number of nitrogens with one attached hydrogen (secondary N) is 2. The summed E-state index contributed by atoms with van der Waals surface area (Å²) in [7, 11) is 1.71. The Labute approximate surface area is 279 Å². The minimum atomic E-state index is -4.57. The Hall–Kier alpha value is -4.47. The first-order valence-electron chi connectivity index (χ1n) is 16.1. The van der Waals surface area contributed by atoms with E-state index in [2.05, 4.69) is 41.5 Å². The van der Waals surface area contributed by atoms with Gasteiger partial charge in [0.15, 0.2) is 5.78 Å². The molecule has 0 heterocycles. The van der Waals surface area contributed by atoms with Crippen LogP contribution in [0.3, 0.4) is 0 Å². The Balaban J connectivity index is 0.000000221. The molecule has 0 aliphatic heterocycles. The minimum absolute atomic E-state index is 0.0315. The lowest BCUT2D eigenvalue weighted by Gasteiger charge is -2.24. The molecule has 9 heteroatoms. The van der Waals surface area contributed by atoms with Gasteiger partial charge in [0.05, 0.1) is 24.4 Å². The van der Waals surface area contributed by atoms with Crippen molar-refractivity contribution in [3.63, 3.8) is 0 Å². The van der Waals surface area contributed by atoms with Gasteiger partial charge < -0.3 is 21.1 Å². The second kappa shape index (κ2) is 16.6. The van der Waals surface area contributed by atoms with Gasteiger partial charge in [0.25, 0.3) is 0 Å². The number of ether oxygens (including phenoxy) is 1. The summed E-state index contributed by atoms with van der Waals surface area (Å²) < 4.78 is 57.4. The average molecular weight is 662 g/mol. The number of ketones is 1. The number of fused-ring (bicyclic) bond motifs is 1. The predicted octanol–water partition coefficient (Wildman–Crippen LogP) is 9.31. The van der Waals surface area contributed by atoms with Crippen molar-refractivity contribution in [2.24, 2.45) is 11.7 Å². The third kappa shape index (κ3) is 9.78. The molecule has 1 aliphatic rings. The van der Waals surface area contributed by atoms with Gasteiger partial charge in [0.2, 0.25) is 0 Å². The molecule has 5 rings (SSSR count). The van der Waals surface area contributed by atoms with Crippen LogP contribution in [-0.4, -0.2) is 25.6 Å². The molecule has 4 N–H and O–H groups in total. The molecule has 0 radical (unpaired) electrons. The molecule has 1 fully saturated rings. The molecule has 48 heavy (non-hydrogen) atoms. The maximum atomic E-state index is 13.8. The van der Waals surface area contributed by atoms with E-state index >= 15 is 0 Å². The number of carbonyl (C=O) groups excluding carboxylic acids is 1. The molecule has 254 valence electrons. The number of hydrogen-bond donors (Lipinski definition) is 3. The number of allylic oxidation sites excluding steroid dienone is 3. The minimum Gasteiger partial charge on any atom is -0.496 e. The number of Topliss-reactive ketones (excluding diaryl/α,β-unsaturated/α-hetero) is 1. The fourth-order valence-electron chi connectivity index (χ4n) is 5.33. The molecule has 1 atom stereocenters. The summed E-state index contributed by atoms with van der Waals surface area (Å²) in [5, 5.41) is 8.81. The highest BCUT2D eigenvalue weighted by molar-refractivity contribution is 5.98. The van der Waals surface area contributed by atoms with Crippen LogP contribution in [0.5, 0.6) is 5.75 Å². The Morgan fingerprint density at radius 3 is 2.46 bits per heavy atom. The SMILES string of the molecule is C=C(/C=C(\Nc1cccc(CN)c1)C(=O)CCC)C(F)(F)F.COc1ccc2ccccc2c1C(NCC1CC1)c1ccc(F)c(C)c1. The van der Waals surface area contributed by atoms with Crippen LogP contribution < -0.4 is 21.1 Å². The molecule has 1 unspecified atom stereocenters. The Kier molecular flexibility index (Phi) is 12.6. The van der Waals surface area contributed by atoms with Gasteiger partial charge in [-0.1, -0.05) is 68.1 Å². The lowest BCUT2D eigenvalue weighted by atomic mass is 9.91.